The zero-order valence-corrected chi connectivity index (χ0v) is 24.9. The van der Waals surface area contributed by atoms with Crippen LogP contribution in [0.15, 0.2) is 24.3 Å². The van der Waals surface area contributed by atoms with E-state index in [0.717, 1.165) is 37.0 Å². The molecule has 0 saturated heterocycles. The molecule has 0 aliphatic rings. The molecule has 0 spiro atoms. The van der Waals surface area contributed by atoms with Crippen LogP contribution in [-0.4, -0.2) is 47.5 Å². The zero-order valence-electron chi connectivity index (χ0n) is 24.1. The van der Waals surface area contributed by atoms with Gasteiger partial charge in [0.05, 0.1) is 11.0 Å². The van der Waals surface area contributed by atoms with E-state index in [1.54, 1.807) is 0 Å². The summed E-state index contributed by atoms with van der Waals surface area (Å²) < 4.78 is 2.13. The summed E-state index contributed by atoms with van der Waals surface area (Å²) in [5, 5.41) is 3.06. The molecule has 1 N–H and O–H groups in total. The second-order valence-electron chi connectivity index (χ2n) is 10.8. The molecule has 5 nitrogen and oxygen atoms in total. The van der Waals surface area contributed by atoms with E-state index in [1.807, 2.05) is 18.2 Å². The van der Waals surface area contributed by atoms with Crippen LogP contribution in [0.4, 0.5) is 0 Å². The van der Waals surface area contributed by atoms with Gasteiger partial charge in [-0.05, 0) is 45.6 Å². The molecule has 37 heavy (non-hydrogen) atoms. The van der Waals surface area contributed by atoms with Gasteiger partial charge < -0.3 is 14.8 Å². The van der Waals surface area contributed by atoms with Crippen molar-refractivity contribution in [2.24, 2.45) is 0 Å². The molecule has 1 heterocycles. The fraction of sp³-hybridized carbons (Fsp3) is 0.742. The topological polar surface area (TPSA) is 50.2 Å². The van der Waals surface area contributed by atoms with Crippen LogP contribution in [-0.2, 0) is 6.54 Å². The van der Waals surface area contributed by atoms with E-state index in [1.165, 1.54) is 96.3 Å². The van der Waals surface area contributed by atoms with E-state index < -0.39 is 0 Å². The molecule has 0 atom stereocenters. The number of unbranched alkanes of at least 4 members (excludes halogenated alkanes) is 15. The third-order valence-electron chi connectivity index (χ3n) is 7.16. The average Bonchev–Trinajstić information content (AvgIpc) is 3.25. The molecule has 2 rings (SSSR count). The fourth-order valence-electron chi connectivity index (χ4n) is 4.97. The standard InChI is InChI=1S/C31H54N4O.ClH/c1-4-5-6-7-8-9-10-11-12-13-14-15-16-17-18-21-27-35-29-24-20-19-23-28(29)33-30(35)31(36)32-25-22-26-34(2)3;/h19-20,23-24H,4-18,21-22,25-27H2,1-3H3,(H,32,36);1H. The lowest BCUT2D eigenvalue weighted by Gasteiger charge is -2.11. The van der Waals surface area contributed by atoms with Crippen molar-refractivity contribution in [2.45, 2.75) is 123 Å². The molecule has 0 aliphatic carbocycles. The zero-order chi connectivity index (χ0) is 25.8. The summed E-state index contributed by atoms with van der Waals surface area (Å²) in [5.41, 5.74) is 1.98. The lowest BCUT2D eigenvalue weighted by atomic mass is 10.0. The van der Waals surface area contributed by atoms with E-state index >= 15 is 0 Å². The van der Waals surface area contributed by atoms with Crippen molar-refractivity contribution >= 4 is 29.3 Å². The van der Waals surface area contributed by atoms with Crippen molar-refractivity contribution in [2.75, 3.05) is 27.2 Å². The summed E-state index contributed by atoms with van der Waals surface area (Å²) in [5.74, 6) is 0.503. The molecule has 1 aromatic heterocycles. The number of benzene rings is 1. The number of halogens is 1. The molecular formula is C31H55ClN4O. The average molecular weight is 535 g/mol. The molecule has 1 aromatic carbocycles. The summed E-state index contributed by atoms with van der Waals surface area (Å²) >= 11 is 0. The number of nitrogens with zero attached hydrogens (tertiary/aromatic N) is 3. The van der Waals surface area contributed by atoms with Crippen LogP contribution in [0, 0.1) is 0 Å². The second-order valence-corrected chi connectivity index (χ2v) is 10.8. The molecule has 0 radical (unpaired) electrons. The van der Waals surface area contributed by atoms with Crippen LogP contribution >= 0.6 is 12.4 Å². The van der Waals surface area contributed by atoms with Gasteiger partial charge in [0.1, 0.15) is 0 Å². The van der Waals surface area contributed by atoms with E-state index in [-0.39, 0.29) is 18.3 Å². The Morgan fingerprint density at radius 3 is 1.84 bits per heavy atom. The first-order chi connectivity index (χ1) is 17.6. The Balaban J connectivity index is 0.00000684. The Hall–Kier alpha value is -1.59. The normalized spacial score (nSPS) is 11.2. The SMILES string of the molecule is CCCCCCCCCCCCCCCCCCn1c(C(=O)NCCCN(C)C)nc2ccccc21.Cl. The van der Waals surface area contributed by atoms with E-state index in [9.17, 15) is 4.79 Å². The number of rotatable bonds is 22. The Labute approximate surface area is 233 Å². The molecule has 1 amide bonds. The number of carbonyl (C=O) groups is 1. The van der Waals surface area contributed by atoms with Crippen molar-refractivity contribution in [1.82, 2.24) is 19.8 Å². The van der Waals surface area contributed by atoms with Crippen LogP contribution in [0.2, 0.25) is 0 Å². The maximum absolute atomic E-state index is 12.8. The van der Waals surface area contributed by atoms with Gasteiger partial charge in [-0.1, -0.05) is 115 Å². The van der Waals surface area contributed by atoms with Crippen LogP contribution in [0.1, 0.15) is 127 Å². The Morgan fingerprint density at radius 1 is 0.784 bits per heavy atom. The van der Waals surface area contributed by atoms with Gasteiger partial charge in [0, 0.05) is 13.1 Å². The molecular weight excluding hydrogens is 480 g/mol. The van der Waals surface area contributed by atoms with E-state index in [0.29, 0.717) is 12.4 Å². The fourth-order valence-corrected chi connectivity index (χ4v) is 4.97. The van der Waals surface area contributed by atoms with Crippen LogP contribution < -0.4 is 5.32 Å². The Bertz CT molecular complexity index is 836. The molecule has 0 aliphatic heterocycles. The Kier molecular flexibility index (Phi) is 19.3. The van der Waals surface area contributed by atoms with Crippen LogP contribution in [0.5, 0.6) is 0 Å². The predicted molar refractivity (Wildman–Crippen MR) is 162 cm³/mol. The third-order valence-corrected chi connectivity index (χ3v) is 7.16. The number of hydrogen-bond donors (Lipinski definition) is 1. The number of nitrogens with one attached hydrogen (secondary N) is 1. The van der Waals surface area contributed by atoms with Gasteiger partial charge >= 0.3 is 0 Å². The first-order valence-corrected chi connectivity index (χ1v) is 15.0. The van der Waals surface area contributed by atoms with Gasteiger partial charge in [-0.15, -0.1) is 12.4 Å². The van der Waals surface area contributed by atoms with Gasteiger partial charge in [-0.2, -0.15) is 0 Å². The highest BCUT2D eigenvalue weighted by molar-refractivity contribution is 5.94. The number of imidazole rings is 1. The third kappa shape index (κ3) is 14.2. The number of aryl methyl sites for hydroxylation is 1. The lowest BCUT2D eigenvalue weighted by Crippen LogP contribution is -2.29. The highest BCUT2D eigenvalue weighted by Gasteiger charge is 2.16. The van der Waals surface area contributed by atoms with Crippen molar-refractivity contribution in [3.63, 3.8) is 0 Å². The van der Waals surface area contributed by atoms with Crippen molar-refractivity contribution in [1.29, 1.82) is 0 Å². The number of fused-ring (bicyclic) bond motifs is 1. The maximum atomic E-state index is 12.8. The summed E-state index contributed by atoms with van der Waals surface area (Å²) in [6, 6.07) is 8.11. The van der Waals surface area contributed by atoms with Gasteiger partial charge in [0.25, 0.3) is 5.91 Å². The molecule has 0 fully saturated rings. The van der Waals surface area contributed by atoms with E-state index in [2.05, 4.69) is 46.9 Å². The minimum absolute atomic E-state index is 0. The largest absolute Gasteiger partial charge is 0.349 e. The van der Waals surface area contributed by atoms with Crippen molar-refractivity contribution < 1.29 is 4.79 Å². The summed E-state index contributed by atoms with van der Waals surface area (Å²) in [7, 11) is 4.11. The van der Waals surface area contributed by atoms with E-state index in [4.69, 9.17) is 0 Å². The minimum atomic E-state index is -0.0542. The number of para-hydroxylation sites is 2. The number of hydrogen-bond acceptors (Lipinski definition) is 3. The van der Waals surface area contributed by atoms with Gasteiger partial charge in [0.15, 0.2) is 5.82 Å². The molecule has 0 bridgehead atoms. The van der Waals surface area contributed by atoms with Crippen molar-refractivity contribution in [3.8, 4) is 0 Å². The molecule has 0 unspecified atom stereocenters. The van der Waals surface area contributed by atoms with Crippen LogP contribution in [0.3, 0.4) is 0 Å². The summed E-state index contributed by atoms with van der Waals surface area (Å²) in [6.45, 7) is 4.80. The predicted octanol–water partition coefficient (Wildman–Crippen LogP) is 8.40. The highest BCUT2D eigenvalue weighted by atomic mass is 35.5. The minimum Gasteiger partial charge on any atom is -0.349 e. The molecule has 2 aromatic rings. The van der Waals surface area contributed by atoms with Gasteiger partial charge in [0.2, 0.25) is 0 Å². The molecule has 212 valence electrons. The van der Waals surface area contributed by atoms with Gasteiger partial charge in [-0.3, -0.25) is 4.79 Å². The second kappa shape index (κ2) is 21.4. The van der Waals surface area contributed by atoms with Crippen LogP contribution in [0.25, 0.3) is 11.0 Å². The smallest absolute Gasteiger partial charge is 0.287 e. The highest BCUT2D eigenvalue weighted by Crippen LogP contribution is 2.18. The molecule has 0 saturated carbocycles. The molecule has 6 heteroatoms. The number of amides is 1. The lowest BCUT2D eigenvalue weighted by molar-refractivity contribution is 0.0938. The van der Waals surface area contributed by atoms with Crippen molar-refractivity contribution in [3.05, 3.63) is 30.1 Å². The monoisotopic (exact) mass is 534 g/mol. The van der Waals surface area contributed by atoms with Gasteiger partial charge in [-0.25, -0.2) is 4.98 Å². The number of aromatic nitrogens is 2. The maximum Gasteiger partial charge on any atom is 0.287 e. The quantitative estimate of drug-likeness (QED) is 0.154. The first kappa shape index (κ1) is 33.4. The number of carbonyl (C=O) groups excluding carboxylic acids is 1. The summed E-state index contributed by atoms with van der Waals surface area (Å²) in [6.07, 6.45) is 22.8. The summed E-state index contributed by atoms with van der Waals surface area (Å²) in [4.78, 5) is 19.6. The first-order valence-electron chi connectivity index (χ1n) is 15.0. The Morgan fingerprint density at radius 2 is 1.30 bits per heavy atom.